The Balaban J connectivity index is 1.98. The highest BCUT2D eigenvalue weighted by Crippen LogP contribution is 2.39. The van der Waals surface area contributed by atoms with E-state index in [9.17, 15) is 0 Å². The summed E-state index contributed by atoms with van der Waals surface area (Å²) in [6.07, 6.45) is 1.97. The maximum Gasteiger partial charge on any atom is 0.146 e. The van der Waals surface area contributed by atoms with Gasteiger partial charge in [0.05, 0.1) is 9.26 Å². The van der Waals surface area contributed by atoms with Crippen LogP contribution in [-0.4, -0.2) is 9.97 Å². The van der Waals surface area contributed by atoms with Crippen molar-refractivity contribution in [2.75, 3.05) is 0 Å². The van der Waals surface area contributed by atoms with Crippen molar-refractivity contribution in [2.24, 2.45) is 5.92 Å². The second-order valence-corrected chi connectivity index (χ2v) is 7.12. The minimum Gasteiger partial charge on any atom is -0.236 e. The quantitative estimate of drug-likeness (QED) is 0.557. The van der Waals surface area contributed by atoms with Gasteiger partial charge in [-0.2, -0.15) is 0 Å². The number of nitrogens with zero attached hydrogens (tertiary/aromatic N) is 2. The largest absolute Gasteiger partial charge is 0.236 e. The van der Waals surface area contributed by atoms with Crippen molar-refractivity contribution in [3.8, 4) is 0 Å². The molecule has 3 rings (SSSR count). The Bertz CT molecular complexity index is 655. The fraction of sp³-hybridized carbons (Fsp3) is 0.375. The maximum atomic E-state index is 6.30. The summed E-state index contributed by atoms with van der Waals surface area (Å²) in [6, 6.07) is 8.51. The molecule has 0 aliphatic heterocycles. The first kappa shape index (κ1) is 14.3. The standard InChI is InChI=1S/C16H16ClIN2/c1-9(2)7-13-14(18)15(17)20-16(19-13)12-8-10-5-3-4-6-11(10)12/h3-6,9,12H,7-8H2,1-2H3. The Morgan fingerprint density at radius 2 is 2.05 bits per heavy atom. The van der Waals surface area contributed by atoms with Gasteiger partial charge in [-0.1, -0.05) is 49.7 Å². The third-order valence-corrected chi connectivity index (χ3v) is 5.39. The smallest absolute Gasteiger partial charge is 0.146 e. The molecule has 0 saturated carbocycles. The summed E-state index contributed by atoms with van der Waals surface area (Å²) in [5, 5.41) is 0.593. The highest BCUT2D eigenvalue weighted by atomic mass is 127. The number of hydrogen-bond acceptors (Lipinski definition) is 2. The van der Waals surface area contributed by atoms with Crippen LogP contribution in [0.25, 0.3) is 0 Å². The van der Waals surface area contributed by atoms with Crippen molar-refractivity contribution in [3.05, 3.63) is 55.6 Å². The van der Waals surface area contributed by atoms with Gasteiger partial charge in [0.15, 0.2) is 0 Å². The van der Waals surface area contributed by atoms with Crippen molar-refractivity contribution >= 4 is 34.2 Å². The van der Waals surface area contributed by atoms with Gasteiger partial charge in [0.1, 0.15) is 11.0 Å². The lowest BCUT2D eigenvalue weighted by Gasteiger charge is -2.29. The third kappa shape index (κ3) is 2.58. The Morgan fingerprint density at radius 3 is 2.75 bits per heavy atom. The summed E-state index contributed by atoms with van der Waals surface area (Å²) in [5.41, 5.74) is 3.83. The normalized spacial score (nSPS) is 16.9. The van der Waals surface area contributed by atoms with E-state index in [4.69, 9.17) is 16.6 Å². The Hall–Kier alpha value is -0.680. The van der Waals surface area contributed by atoms with Crippen LogP contribution in [0.3, 0.4) is 0 Å². The molecule has 1 aliphatic rings. The lowest BCUT2D eigenvalue weighted by atomic mass is 9.77. The number of halogens is 2. The highest BCUT2D eigenvalue weighted by Gasteiger charge is 2.30. The van der Waals surface area contributed by atoms with Gasteiger partial charge in [-0.25, -0.2) is 9.97 Å². The van der Waals surface area contributed by atoms with Gasteiger partial charge in [-0.05, 0) is 52.5 Å². The summed E-state index contributed by atoms with van der Waals surface area (Å²) in [6.45, 7) is 4.40. The number of rotatable bonds is 3. The number of benzene rings is 1. The summed E-state index contributed by atoms with van der Waals surface area (Å²) in [5.74, 6) is 1.76. The monoisotopic (exact) mass is 398 g/mol. The number of aromatic nitrogens is 2. The molecule has 0 N–H and O–H groups in total. The van der Waals surface area contributed by atoms with Crippen molar-refractivity contribution < 1.29 is 0 Å². The van der Waals surface area contributed by atoms with Crippen molar-refractivity contribution in [3.63, 3.8) is 0 Å². The van der Waals surface area contributed by atoms with Gasteiger partial charge in [0.25, 0.3) is 0 Å². The van der Waals surface area contributed by atoms with Crippen molar-refractivity contribution in [1.82, 2.24) is 9.97 Å². The molecule has 1 aliphatic carbocycles. The van der Waals surface area contributed by atoms with E-state index in [1.807, 2.05) is 0 Å². The van der Waals surface area contributed by atoms with Crippen LogP contribution in [0.2, 0.25) is 5.15 Å². The first-order chi connectivity index (χ1) is 9.56. The zero-order valence-electron chi connectivity index (χ0n) is 11.5. The molecule has 1 heterocycles. The summed E-state index contributed by atoms with van der Waals surface area (Å²) in [7, 11) is 0. The lowest BCUT2D eigenvalue weighted by Crippen LogP contribution is -2.21. The van der Waals surface area contributed by atoms with E-state index in [2.05, 4.69) is 65.7 Å². The van der Waals surface area contributed by atoms with Crippen LogP contribution >= 0.6 is 34.2 Å². The minimum absolute atomic E-state index is 0.312. The highest BCUT2D eigenvalue weighted by molar-refractivity contribution is 14.1. The van der Waals surface area contributed by atoms with E-state index in [1.165, 1.54) is 11.1 Å². The summed E-state index contributed by atoms with van der Waals surface area (Å²) < 4.78 is 0.995. The second-order valence-electron chi connectivity index (χ2n) is 5.69. The van der Waals surface area contributed by atoms with Gasteiger partial charge in [-0.15, -0.1) is 0 Å². The predicted molar refractivity (Wildman–Crippen MR) is 90.3 cm³/mol. The average molecular weight is 399 g/mol. The third-order valence-electron chi connectivity index (χ3n) is 3.66. The number of hydrogen-bond donors (Lipinski definition) is 0. The molecule has 0 saturated heterocycles. The molecule has 104 valence electrons. The molecular weight excluding hydrogens is 383 g/mol. The van der Waals surface area contributed by atoms with E-state index in [0.29, 0.717) is 17.0 Å². The summed E-state index contributed by atoms with van der Waals surface area (Å²) >= 11 is 8.55. The van der Waals surface area contributed by atoms with Crippen LogP contribution in [0.4, 0.5) is 0 Å². The van der Waals surface area contributed by atoms with E-state index >= 15 is 0 Å². The Kier molecular flexibility index (Phi) is 4.00. The molecule has 0 spiro atoms. The molecule has 1 aromatic heterocycles. The van der Waals surface area contributed by atoms with E-state index < -0.39 is 0 Å². The Labute approximate surface area is 138 Å². The maximum absolute atomic E-state index is 6.30. The van der Waals surface area contributed by atoms with Gasteiger partial charge in [-0.3, -0.25) is 0 Å². The van der Waals surface area contributed by atoms with Crippen LogP contribution in [-0.2, 0) is 12.8 Å². The zero-order chi connectivity index (χ0) is 14.3. The molecule has 1 unspecified atom stereocenters. The molecule has 4 heteroatoms. The zero-order valence-corrected chi connectivity index (χ0v) is 14.4. The molecule has 0 amide bonds. The molecule has 0 fully saturated rings. The lowest BCUT2D eigenvalue weighted by molar-refractivity contribution is 0.609. The SMILES string of the molecule is CC(C)Cc1nc(C2Cc3ccccc32)nc(Cl)c1I. The van der Waals surface area contributed by atoms with Crippen LogP contribution in [0, 0.1) is 9.49 Å². The molecule has 2 nitrogen and oxygen atoms in total. The molecule has 0 bridgehead atoms. The van der Waals surface area contributed by atoms with Gasteiger partial charge in [0.2, 0.25) is 0 Å². The molecule has 1 aromatic carbocycles. The fourth-order valence-corrected chi connectivity index (χ4v) is 3.31. The van der Waals surface area contributed by atoms with Crippen molar-refractivity contribution in [2.45, 2.75) is 32.6 Å². The molecule has 20 heavy (non-hydrogen) atoms. The van der Waals surface area contributed by atoms with Crippen LogP contribution in [0.5, 0.6) is 0 Å². The fourth-order valence-electron chi connectivity index (χ4n) is 2.65. The molecule has 1 atom stereocenters. The van der Waals surface area contributed by atoms with Crippen LogP contribution < -0.4 is 0 Å². The van der Waals surface area contributed by atoms with Crippen LogP contribution in [0.15, 0.2) is 24.3 Å². The first-order valence-electron chi connectivity index (χ1n) is 6.86. The first-order valence-corrected chi connectivity index (χ1v) is 8.31. The molecule has 2 aromatic rings. The van der Waals surface area contributed by atoms with Crippen molar-refractivity contribution in [1.29, 1.82) is 0 Å². The van der Waals surface area contributed by atoms with E-state index in [0.717, 1.165) is 27.9 Å². The Morgan fingerprint density at radius 1 is 1.30 bits per heavy atom. The second kappa shape index (κ2) is 5.60. The van der Waals surface area contributed by atoms with Crippen LogP contribution in [0.1, 0.15) is 42.4 Å². The molecule has 0 radical (unpaired) electrons. The summed E-state index contributed by atoms with van der Waals surface area (Å²) in [4.78, 5) is 9.30. The predicted octanol–water partition coefficient (Wildman–Crippen LogP) is 4.62. The number of fused-ring (bicyclic) bond motifs is 1. The minimum atomic E-state index is 0.312. The van der Waals surface area contributed by atoms with E-state index in [1.54, 1.807) is 0 Å². The topological polar surface area (TPSA) is 25.8 Å². The van der Waals surface area contributed by atoms with Gasteiger partial charge >= 0.3 is 0 Å². The van der Waals surface area contributed by atoms with E-state index in [-0.39, 0.29) is 0 Å². The molecular formula is C16H16ClIN2. The average Bonchev–Trinajstić information content (AvgIpc) is 2.36. The van der Waals surface area contributed by atoms with Gasteiger partial charge < -0.3 is 0 Å². The van der Waals surface area contributed by atoms with Gasteiger partial charge in [0, 0.05) is 5.92 Å².